The lowest BCUT2D eigenvalue weighted by Gasteiger charge is -2.21. The van der Waals surface area contributed by atoms with Crippen LogP contribution >= 0.6 is 31.9 Å². The number of nitrogens with zero attached hydrogens (tertiary/aromatic N) is 2. The largest absolute Gasteiger partial charge is 0.305 e. The first kappa shape index (κ1) is 16.7. The maximum Gasteiger partial charge on any atom is 0.0760 e. The fraction of sp³-hybridized carbons (Fsp3) is 0.438. The van der Waals surface area contributed by atoms with Crippen molar-refractivity contribution < 1.29 is 0 Å². The van der Waals surface area contributed by atoms with E-state index in [1.54, 1.807) is 0 Å². The normalized spacial score (nSPS) is 12.6. The molecule has 21 heavy (non-hydrogen) atoms. The molecule has 1 aromatic carbocycles. The van der Waals surface area contributed by atoms with Gasteiger partial charge in [-0.3, -0.25) is 4.68 Å². The Balaban J connectivity index is 2.47. The highest BCUT2D eigenvalue weighted by Crippen LogP contribution is 2.31. The summed E-state index contributed by atoms with van der Waals surface area (Å²) < 4.78 is 4.28. The third-order valence-corrected chi connectivity index (χ3v) is 4.94. The average molecular weight is 415 g/mol. The zero-order chi connectivity index (χ0) is 15.4. The first-order valence-electron chi connectivity index (χ1n) is 7.29. The predicted octanol–water partition coefficient (Wildman–Crippen LogP) is 4.83. The van der Waals surface area contributed by atoms with Crippen molar-refractivity contribution in [2.45, 2.75) is 39.8 Å². The van der Waals surface area contributed by atoms with Crippen molar-refractivity contribution in [2.75, 3.05) is 6.54 Å². The first-order chi connectivity index (χ1) is 10.1. The minimum absolute atomic E-state index is 0.135. The van der Waals surface area contributed by atoms with Crippen molar-refractivity contribution in [2.24, 2.45) is 0 Å². The molecule has 0 saturated heterocycles. The zero-order valence-electron chi connectivity index (χ0n) is 12.7. The van der Waals surface area contributed by atoms with E-state index in [0.29, 0.717) is 0 Å². The highest BCUT2D eigenvalue weighted by Gasteiger charge is 2.21. The number of aryl methyl sites for hydroxylation is 2. The van der Waals surface area contributed by atoms with Gasteiger partial charge in [0.25, 0.3) is 0 Å². The molecule has 1 aromatic heterocycles. The van der Waals surface area contributed by atoms with Gasteiger partial charge < -0.3 is 5.32 Å². The fourth-order valence-corrected chi connectivity index (χ4v) is 3.34. The molecule has 1 atom stereocenters. The van der Waals surface area contributed by atoms with Crippen molar-refractivity contribution in [1.82, 2.24) is 15.1 Å². The van der Waals surface area contributed by atoms with Crippen LogP contribution in [-0.4, -0.2) is 16.3 Å². The van der Waals surface area contributed by atoms with Crippen LogP contribution in [0.25, 0.3) is 0 Å². The van der Waals surface area contributed by atoms with E-state index in [4.69, 9.17) is 0 Å². The molecule has 2 aromatic rings. The van der Waals surface area contributed by atoms with Crippen LogP contribution in [0.15, 0.2) is 33.3 Å². The van der Waals surface area contributed by atoms with Crippen LogP contribution in [0.3, 0.4) is 0 Å². The van der Waals surface area contributed by atoms with Gasteiger partial charge in [0, 0.05) is 11.0 Å². The van der Waals surface area contributed by atoms with Gasteiger partial charge >= 0.3 is 0 Å². The SMILES string of the molecule is CCCn1ncc(Br)c1C(NCC)c1ccc(C)c(Br)c1. The number of hydrogen-bond acceptors (Lipinski definition) is 2. The number of halogens is 2. The highest BCUT2D eigenvalue weighted by molar-refractivity contribution is 9.10. The monoisotopic (exact) mass is 413 g/mol. The van der Waals surface area contributed by atoms with Crippen LogP contribution in [0.4, 0.5) is 0 Å². The lowest BCUT2D eigenvalue weighted by atomic mass is 10.0. The van der Waals surface area contributed by atoms with Gasteiger partial charge in [0.05, 0.1) is 22.4 Å². The summed E-state index contributed by atoms with van der Waals surface area (Å²) >= 11 is 7.29. The number of rotatable bonds is 6. The molecule has 0 bridgehead atoms. The molecule has 0 aliphatic rings. The van der Waals surface area contributed by atoms with Crippen molar-refractivity contribution in [3.63, 3.8) is 0 Å². The van der Waals surface area contributed by atoms with Crippen LogP contribution in [0, 0.1) is 6.92 Å². The Morgan fingerprint density at radius 2 is 2.00 bits per heavy atom. The van der Waals surface area contributed by atoms with E-state index in [0.717, 1.165) is 28.5 Å². The molecule has 0 radical (unpaired) electrons. The standard InChI is InChI=1S/C16H21Br2N3/c1-4-8-21-16(14(18)10-20-21)15(19-5-2)12-7-6-11(3)13(17)9-12/h6-7,9-10,15,19H,4-5,8H2,1-3H3. The number of benzene rings is 1. The number of nitrogens with one attached hydrogen (secondary N) is 1. The maximum atomic E-state index is 4.49. The fourth-order valence-electron chi connectivity index (χ4n) is 2.41. The Morgan fingerprint density at radius 3 is 2.62 bits per heavy atom. The Kier molecular flexibility index (Phi) is 6.02. The molecule has 0 aliphatic carbocycles. The van der Waals surface area contributed by atoms with Crippen molar-refractivity contribution in [3.05, 3.63) is 50.2 Å². The molecule has 114 valence electrons. The molecule has 1 heterocycles. The van der Waals surface area contributed by atoms with Crippen LogP contribution < -0.4 is 5.32 Å². The van der Waals surface area contributed by atoms with Crippen LogP contribution in [0.5, 0.6) is 0 Å². The second-order valence-electron chi connectivity index (χ2n) is 5.10. The molecule has 2 rings (SSSR count). The van der Waals surface area contributed by atoms with E-state index in [9.17, 15) is 0 Å². The molecule has 5 heteroatoms. The summed E-state index contributed by atoms with van der Waals surface area (Å²) in [6.07, 6.45) is 2.95. The van der Waals surface area contributed by atoms with E-state index in [-0.39, 0.29) is 6.04 Å². The van der Waals surface area contributed by atoms with E-state index in [1.165, 1.54) is 16.8 Å². The summed E-state index contributed by atoms with van der Waals surface area (Å²) in [5.74, 6) is 0. The topological polar surface area (TPSA) is 29.9 Å². The van der Waals surface area contributed by atoms with Crippen LogP contribution in [-0.2, 0) is 6.54 Å². The first-order valence-corrected chi connectivity index (χ1v) is 8.87. The summed E-state index contributed by atoms with van der Waals surface area (Å²) in [4.78, 5) is 0. The molecular weight excluding hydrogens is 394 g/mol. The lowest BCUT2D eigenvalue weighted by molar-refractivity contribution is 0.519. The smallest absolute Gasteiger partial charge is 0.0760 e. The molecule has 1 N–H and O–H groups in total. The third kappa shape index (κ3) is 3.76. The van der Waals surface area contributed by atoms with Gasteiger partial charge in [0.2, 0.25) is 0 Å². The number of hydrogen-bond donors (Lipinski definition) is 1. The Morgan fingerprint density at radius 1 is 1.24 bits per heavy atom. The minimum atomic E-state index is 0.135. The summed E-state index contributed by atoms with van der Waals surface area (Å²) in [5.41, 5.74) is 3.68. The minimum Gasteiger partial charge on any atom is -0.305 e. The molecule has 3 nitrogen and oxygen atoms in total. The van der Waals surface area contributed by atoms with Crippen LogP contribution in [0.2, 0.25) is 0 Å². The van der Waals surface area contributed by atoms with Gasteiger partial charge in [-0.15, -0.1) is 0 Å². The molecule has 0 fully saturated rings. The van der Waals surface area contributed by atoms with E-state index in [2.05, 4.69) is 85.9 Å². The molecule has 1 unspecified atom stereocenters. The summed E-state index contributed by atoms with van der Waals surface area (Å²) in [6, 6.07) is 6.66. The lowest BCUT2D eigenvalue weighted by Crippen LogP contribution is -2.25. The predicted molar refractivity (Wildman–Crippen MR) is 94.6 cm³/mol. The van der Waals surface area contributed by atoms with Gasteiger partial charge in [-0.25, -0.2) is 0 Å². The Hall–Kier alpha value is -0.650. The van der Waals surface area contributed by atoms with E-state index in [1.807, 2.05) is 6.20 Å². The molecule has 0 saturated carbocycles. The van der Waals surface area contributed by atoms with Crippen molar-refractivity contribution >= 4 is 31.9 Å². The quantitative estimate of drug-likeness (QED) is 0.733. The average Bonchev–Trinajstić information content (AvgIpc) is 2.81. The Labute approximate surface area is 143 Å². The maximum absolute atomic E-state index is 4.49. The summed E-state index contributed by atoms with van der Waals surface area (Å²) in [6.45, 7) is 8.23. The van der Waals surface area contributed by atoms with Gasteiger partial charge in [0.1, 0.15) is 0 Å². The van der Waals surface area contributed by atoms with Gasteiger partial charge in [-0.05, 0) is 53.0 Å². The second-order valence-corrected chi connectivity index (χ2v) is 6.81. The van der Waals surface area contributed by atoms with E-state index >= 15 is 0 Å². The van der Waals surface area contributed by atoms with Gasteiger partial charge in [0.15, 0.2) is 0 Å². The van der Waals surface area contributed by atoms with Gasteiger partial charge in [-0.1, -0.05) is 41.9 Å². The third-order valence-electron chi connectivity index (χ3n) is 3.48. The van der Waals surface area contributed by atoms with Crippen LogP contribution in [0.1, 0.15) is 43.1 Å². The summed E-state index contributed by atoms with van der Waals surface area (Å²) in [5, 5.41) is 8.07. The van der Waals surface area contributed by atoms with E-state index < -0.39 is 0 Å². The highest BCUT2D eigenvalue weighted by atomic mass is 79.9. The molecule has 0 aliphatic heterocycles. The summed E-state index contributed by atoms with van der Waals surface area (Å²) in [7, 11) is 0. The van der Waals surface area contributed by atoms with Crippen molar-refractivity contribution in [3.8, 4) is 0 Å². The zero-order valence-corrected chi connectivity index (χ0v) is 15.8. The molecule has 0 spiro atoms. The molecular formula is C16H21Br2N3. The molecule has 0 amide bonds. The van der Waals surface area contributed by atoms with Crippen molar-refractivity contribution in [1.29, 1.82) is 0 Å². The number of aromatic nitrogens is 2. The second kappa shape index (κ2) is 7.56. The Bertz CT molecular complexity index is 608. The van der Waals surface area contributed by atoms with Gasteiger partial charge in [-0.2, -0.15) is 5.10 Å².